The molecule has 106 valence electrons. The minimum absolute atomic E-state index is 0.135. The van der Waals surface area contributed by atoms with Gasteiger partial charge in [-0.15, -0.1) is 0 Å². The molecule has 0 radical (unpaired) electrons. The van der Waals surface area contributed by atoms with Gasteiger partial charge in [0.2, 0.25) is 0 Å². The number of alkyl halides is 3. The molecule has 0 fully saturated rings. The van der Waals surface area contributed by atoms with E-state index >= 15 is 0 Å². The third-order valence-corrected chi connectivity index (χ3v) is 3.29. The highest BCUT2D eigenvalue weighted by molar-refractivity contribution is 9.10. The maximum Gasteiger partial charge on any atom is 0.409 e. The lowest BCUT2D eigenvalue weighted by Gasteiger charge is -2.18. The van der Waals surface area contributed by atoms with Gasteiger partial charge < -0.3 is 5.73 Å². The number of nitrogens with zero attached hydrogens (tertiary/aromatic N) is 1. The molecular formula is C14H12BrF3N2. The Morgan fingerprint density at radius 1 is 1.20 bits per heavy atom. The molecule has 0 saturated heterocycles. The van der Waals surface area contributed by atoms with Crippen molar-refractivity contribution in [1.82, 2.24) is 4.98 Å². The van der Waals surface area contributed by atoms with Crippen LogP contribution in [-0.2, 0) is 6.42 Å². The van der Waals surface area contributed by atoms with Crippen LogP contribution in [0.4, 0.5) is 13.2 Å². The van der Waals surface area contributed by atoms with E-state index in [9.17, 15) is 13.2 Å². The summed E-state index contributed by atoms with van der Waals surface area (Å²) in [4.78, 5) is 3.85. The van der Waals surface area contributed by atoms with E-state index in [0.717, 1.165) is 5.56 Å². The average Bonchev–Trinajstić information content (AvgIpc) is 2.38. The largest absolute Gasteiger partial charge is 0.409 e. The molecule has 0 amide bonds. The van der Waals surface area contributed by atoms with Gasteiger partial charge in [0.1, 0.15) is 6.04 Å². The van der Waals surface area contributed by atoms with Crippen LogP contribution >= 0.6 is 15.9 Å². The van der Waals surface area contributed by atoms with Crippen LogP contribution in [0.2, 0.25) is 0 Å². The number of pyridine rings is 1. The van der Waals surface area contributed by atoms with Gasteiger partial charge in [-0.05, 0) is 39.5 Å². The predicted octanol–water partition coefficient (Wildman–Crippen LogP) is 4.00. The lowest BCUT2D eigenvalue weighted by atomic mass is 10.00. The van der Waals surface area contributed by atoms with E-state index in [4.69, 9.17) is 5.73 Å². The van der Waals surface area contributed by atoms with E-state index in [1.807, 2.05) is 30.3 Å². The third kappa shape index (κ3) is 3.58. The molecule has 0 saturated carbocycles. The van der Waals surface area contributed by atoms with Crippen LogP contribution in [0.25, 0.3) is 0 Å². The van der Waals surface area contributed by atoms with Crippen molar-refractivity contribution in [1.29, 1.82) is 0 Å². The number of aromatic nitrogens is 1. The Labute approximate surface area is 123 Å². The molecule has 1 unspecified atom stereocenters. The zero-order valence-electron chi connectivity index (χ0n) is 10.4. The lowest BCUT2D eigenvalue weighted by molar-refractivity contribution is -0.150. The van der Waals surface area contributed by atoms with Crippen LogP contribution in [0.15, 0.2) is 47.1 Å². The monoisotopic (exact) mass is 344 g/mol. The van der Waals surface area contributed by atoms with E-state index < -0.39 is 12.2 Å². The second-order valence-corrected chi connectivity index (χ2v) is 5.30. The zero-order chi connectivity index (χ0) is 14.8. The maximum absolute atomic E-state index is 12.8. The second kappa shape index (κ2) is 5.93. The Balaban J connectivity index is 2.39. The van der Waals surface area contributed by atoms with E-state index in [1.54, 1.807) is 6.07 Å². The molecule has 2 rings (SSSR count). The molecule has 0 aliphatic heterocycles. The predicted molar refractivity (Wildman–Crippen MR) is 74.2 cm³/mol. The number of hydrogen-bond donors (Lipinski definition) is 1. The Morgan fingerprint density at radius 3 is 2.45 bits per heavy atom. The second-order valence-electron chi connectivity index (χ2n) is 4.38. The molecule has 0 bridgehead atoms. The SMILES string of the molecule is NC(c1ncc(Br)cc1Cc1ccccc1)C(F)(F)F. The Bertz CT molecular complexity index is 585. The normalized spacial score (nSPS) is 13.2. The summed E-state index contributed by atoms with van der Waals surface area (Å²) in [5, 5.41) is 0. The first-order chi connectivity index (χ1) is 9.38. The summed E-state index contributed by atoms with van der Waals surface area (Å²) in [5.74, 6) is 0. The highest BCUT2D eigenvalue weighted by Crippen LogP contribution is 2.32. The summed E-state index contributed by atoms with van der Waals surface area (Å²) in [6, 6.07) is 8.78. The molecular weight excluding hydrogens is 333 g/mol. The topological polar surface area (TPSA) is 38.9 Å². The molecule has 1 atom stereocenters. The first-order valence-electron chi connectivity index (χ1n) is 5.88. The first kappa shape index (κ1) is 15.0. The summed E-state index contributed by atoms with van der Waals surface area (Å²) in [6.45, 7) is 0. The fourth-order valence-electron chi connectivity index (χ4n) is 1.88. The Morgan fingerprint density at radius 2 is 1.85 bits per heavy atom. The standard InChI is InChI=1S/C14H12BrF3N2/c15-11-7-10(6-9-4-2-1-3-5-9)12(20-8-11)13(19)14(16,17)18/h1-5,7-8,13H,6,19H2. The van der Waals surface area contributed by atoms with Crippen molar-refractivity contribution >= 4 is 15.9 Å². The highest BCUT2D eigenvalue weighted by atomic mass is 79.9. The van der Waals surface area contributed by atoms with Gasteiger partial charge in [0.25, 0.3) is 0 Å². The van der Waals surface area contributed by atoms with Crippen LogP contribution in [0, 0.1) is 0 Å². The summed E-state index contributed by atoms with van der Waals surface area (Å²) < 4.78 is 39.0. The van der Waals surface area contributed by atoms with Gasteiger partial charge in [0.05, 0.1) is 5.69 Å². The zero-order valence-corrected chi connectivity index (χ0v) is 11.9. The molecule has 0 aliphatic rings. The van der Waals surface area contributed by atoms with Crippen molar-refractivity contribution in [3.8, 4) is 0 Å². The van der Waals surface area contributed by atoms with Crippen molar-refractivity contribution in [3.63, 3.8) is 0 Å². The van der Waals surface area contributed by atoms with Crippen molar-refractivity contribution in [2.45, 2.75) is 18.6 Å². The Kier molecular flexibility index (Phi) is 4.45. The van der Waals surface area contributed by atoms with E-state index in [2.05, 4.69) is 20.9 Å². The van der Waals surface area contributed by atoms with E-state index in [0.29, 0.717) is 16.5 Å². The molecule has 2 nitrogen and oxygen atoms in total. The summed E-state index contributed by atoms with van der Waals surface area (Å²) in [6.07, 6.45) is -2.83. The quantitative estimate of drug-likeness (QED) is 0.913. The lowest BCUT2D eigenvalue weighted by Crippen LogP contribution is -2.30. The number of hydrogen-bond acceptors (Lipinski definition) is 2. The molecule has 1 heterocycles. The van der Waals surface area contributed by atoms with Crippen LogP contribution in [0.3, 0.4) is 0 Å². The van der Waals surface area contributed by atoms with E-state index in [1.165, 1.54) is 6.20 Å². The average molecular weight is 345 g/mol. The van der Waals surface area contributed by atoms with Gasteiger partial charge >= 0.3 is 6.18 Å². The van der Waals surface area contributed by atoms with Crippen molar-refractivity contribution in [3.05, 3.63) is 63.9 Å². The molecule has 2 aromatic rings. The van der Waals surface area contributed by atoms with Gasteiger partial charge in [-0.3, -0.25) is 4.98 Å². The molecule has 0 spiro atoms. The molecule has 1 aromatic carbocycles. The van der Waals surface area contributed by atoms with Gasteiger partial charge in [0.15, 0.2) is 0 Å². The van der Waals surface area contributed by atoms with Crippen molar-refractivity contribution in [2.75, 3.05) is 0 Å². The van der Waals surface area contributed by atoms with Gasteiger partial charge in [-0.2, -0.15) is 13.2 Å². The maximum atomic E-state index is 12.8. The van der Waals surface area contributed by atoms with Crippen LogP contribution in [0.1, 0.15) is 22.9 Å². The molecule has 2 N–H and O–H groups in total. The summed E-state index contributed by atoms with van der Waals surface area (Å²) in [5.41, 5.74) is 6.51. The van der Waals surface area contributed by atoms with Crippen molar-refractivity contribution in [2.24, 2.45) is 5.73 Å². The summed E-state index contributed by atoms with van der Waals surface area (Å²) in [7, 11) is 0. The highest BCUT2D eigenvalue weighted by Gasteiger charge is 2.39. The summed E-state index contributed by atoms with van der Waals surface area (Å²) >= 11 is 3.22. The smallest absolute Gasteiger partial charge is 0.315 e. The van der Waals surface area contributed by atoms with Crippen LogP contribution < -0.4 is 5.73 Å². The fraction of sp³-hybridized carbons (Fsp3) is 0.214. The van der Waals surface area contributed by atoms with E-state index in [-0.39, 0.29) is 5.69 Å². The first-order valence-corrected chi connectivity index (χ1v) is 6.68. The molecule has 20 heavy (non-hydrogen) atoms. The Hall–Kier alpha value is -1.40. The van der Waals surface area contributed by atoms with Gasteiger partial charge in [-0.1, -0.05) is 30.3 Å². The molecule has 0 aliphatic carbocycles. The molecule has 6 heteroatoms. The fourth-order valence-corrected chi connectivity index (χ4v) is 2.26. The van der Waals surface area contributed by atoms with Gasteiger partial charge in [0, 0.05) is 10.7 Å². The number of benzene rings is 1. The van der Waals surface area contributed by atoms with Crippen LogP contribution in [0.5, 0.6) is 0 Å². The molecule has 1 aromatic heterocycles. The van der Waals surface area contributed by atoms with Crippen LogP contribution in [-0.4, -0.2) is 11.2 Å². The number of rotatable bonds is 3. The third-order valence-electron chi connectivity index (χ3n) is 2.85. The van der Waals surface area contributed by atoms with Gasteiger partial charge in [-0.25, -0.2) is 0 Å². The minimum atomic E-state index is -4.51. The minimum Gasteiger partial charge on any atom is -0.315 e. The number of halogens is 4. The number of nitrogens with two attached hydrogens (primary N) is 1. The van der Waals surface area contributed by atoms with Crippen molar-refractivity contribution < 1.29 is 13.2 Å².